The van der Waals surface area contributed by atoms with Gasteiger partial charge in [0.05, 0.1) is 0 Å². The van der Waals surface area contributed by atoms with Gasteiger partial charge in [0.1, 0.15) is 0 Å². The number of carboxylic acids is 2. The number of ketones is 2. The van der Waals surface area contributed by atoms with Crippen LogP contribution < -0.4 is 0 Å². The molecule has 0 bridgehead atoms. The van der Waals surface area contributed by atoms with Crippen molar-refractivity contribution in [3.8, 4) is 11.1 Å². The highest BCUT2D eigenvalue weighted by atomic mass is 16.4. The van der Waals surface area contributed by atoms with Crippen molar-refractivity contribution in [1.29, 1.82) is 0 Å². The lowest BCUT2D eigenvalue weighted by Gasteiger charge is -2.03. The summed E-state index contributed by atoms with van der Waals surface area (Å²) in [6.07, 6.45) is 4.84. The molecule has 0 heterocycles. The first-order chi connectivity index (χ1) is 12.4. The third-order valence-corrected chi connectivity index (χ3v) is 3.43. The van der Waals surface area contributed by atoms with Crippen molar-refractivity contribution in [1.82, 2.24) is 0 Å². The van der Waals surface area contributed by atoms with Crippen molar-refractivity contribution in [3.63, 3.8) is 0 Å². The number of carbonyl (C=O) groups is 4. The van der Waals surface area contributed by atoms with E-state index in [-0.39, 0.29) is 0 Å². The van der Waals surface area contributed by atoms with Gasteiger partial charge >= 0.3 is 11.9 Å². The molecule has 130 valence electrons. The van der Waals surface area contributed by atoms with Crippen molar-refractivity contribution in [2.45, 2.75) is 0 Å². The van der Waals surface area contributed by atoms with Gasteiger partial charge in [0.15, 0.2) is 0 Å². The predicted molar refractivity (Wildman–Crippen MR) is 95.2 cm³/mol. The van der Waals surface area contributed by atoms with Gasteiger partial charge in [-0.2, -0.15) is 0 Å². The zero-order valence-corrected chi connectivity index (χ0v) is 13.5. The topological polar surface area (TPSA) is 109 Å². The molecule has 0 radical (unpaired) electrons. The van der Waals surface area contributed by atoms with Gasteiger partial charge < -0.3 is 10.2 Å². The van der Waals surface area contributed by atoms with Crippen molar-refractivity contribution in [3.05, 3.63) is 71.8 Å². The highest BCUT2D eigenvalue weighted by molar-refractivity contribution is 6.38. The van der Waals surface area contributed by atoms with Crippen LogP contribution in [0.1, 0.15) is 11.1 Å². The fourth-order valence-corrected chi connectivity index (χ4v) is 2.06. The van der Waals surface area contributed by atoms with E-state index in [1.165, 1.54) is 12.2 Å². The summed E-state index contributed by atoms with van der Waals surface area (Å²) in [5, 5.41) is 17.0. The Kier molecular flexibility index (Phi) is 5.95. The minimum absolute atomic E-state index is 0.690. The van der Waals surface area contributed by atoms with E-state index in [1.807, 2.05) is 24.3 Å². The van der Waals surface area contributed by atoms with Gasteiger partial charge in [-0.25, -0.2) is 9.59 Å². The van der Waals surface area contributed by atoms with Crippen molar-refractivity contribution in [2.24, 2.45) is 0 Å². The van der Waals surface area contributed by atoms with E-state index in [0.717, 1.165) is 23.3 Å². The number of rotatable bonds is 7. The quantitative estimate of drug-likeness (QED) is 0.587. The third-order valence-electron chi connectivity index (χ3n) is 3.43. The highest BCUT2D eigenvalue weighted by Gasteiger charge is 2.06. The summed E-state index contributed by atoms with van der Waals surface area (Å²) in [5.74, 6) is -4.98. The SMILES string of the molecule is O=C(O)C(=O)/C=C/c1ccc(-c2ccc(/C=C/C(=O)C(=O)O)cc2)cc1. The van der Waals surface area contributed by atoms with Gasteiger partial charge in [-0.3, -0.25) is 9.59 Å². The Morgan fingerprint density at radius 2 is 0.885 bits per heavy atom. The van der Waals surface area contributed by atoms with Crippen LogP contribution in [0.4, 0.5) is 0 Å². The standard InChI is InChI=1S/C20H14O6/c21-17(19(23)24)11-5-13-1-7-15(8-2-13)16-9-3-14(4-10-16)6-12-18(22)20(25)26/h1-12H,(H,23,24)(H,25,26)/b11-5+,12-6+. The zero-order valence-electron chi connectivity index (χ0n) is 13.5. The second-order valence-corrected chi connectivity index (χ2v) is 5.25. The Labute approximate surface area is 148 Å². The largest absolute Gasteiger partial charge is 0.475 e. The lowest BCUT2D eigenvalue weighted by Crippen LogP contribution is -2.08. The van der Waals surface area contributed by atoms with E-state index in [4.69, 9.17) is 10.2 Å². The van der Waals surface area contributed by atoms with Gasteiger partial charge in [0.2, 0.25) is 0 Å². The van der Waals surface area contributed by atoms with Crippen LogP contribution >= 0.6 is 0 Å². The molecule has 0 unspecified atom stereocenters. The Hall–Kier alpha value is -3.80. The molecule has 0 fully saturated rings. The van der Waals surface area contributed by atoms with Gasteiger partial charge in [0, 0.05) is 0 Å². The molecule has 26 heavy (non-hydrogen) atoms. The fraction of sp³-hybridized carbons (Fsp3) is 0. The summed E-state index contributed by atoms with van der Waals surface area (Å²) in [4.78, 5) is 42.9. The van der Waals surface area contributed by atoms with Crippen LogP contribution in [0.3, 0.4) is 0 Å². The molecule has 0 saturated heterocycles. The maximum absolute atomic E-state index is 11.0. The number of aliphatic carboxylic acids is 2. The zero-order chi connectivity index (χ0) is 19.1. The first kappa shape index (κ1) is 18.5. The third kappa shape index (κ3) is 5.10. The minimum atomic E-state index is -1.50. The Morgan fingerprint density at radius 3 is 1.15 bits per heavy atom. The van der Waals surface area contributed by atoms with Gasteiger partial charge in [-0.15, -0.1) is 0 Å². The summed E-state index contributed by atoms with van der Waals surface area (Å²) in [7, 11) is 0. The summed E-state index contributed by atoms with van der Waals surface area (Å²) in [5.41, 5.74) is 3.19. The molecule has 0 saturated carbocycles. The van der Waals surface area contributed by atoms with E-state index in [1.54, 1.807) is 24.3 Å². The highest BCUT2D eigenvalue weighted by Crippen LogP contribution is 2.21. The maximum Gasteiger partial charge on any atom is 0.376 e. The van der Waals surface area contributed by atoms with E-state index < -0.39 is 23.5 Å². The van der Waals surface area contributed by atoms with E-state index in [0.29, 0.717) is 11.1 Å². The Bertz CT molecular complexity index is 825. The number of carbonyl (C=O) groups excluding carboxylic acids is 2. The number of hydrogen-bond acceptors (Lipinski definition) is 4. The number of hydrogen-bond donors (Lipinski definition) is 2. The first-order valence-corrected chi connectivity index (χ1v) is 7.48. The van der Waals surface area contributed by atoms with Crippen LogP contribution in [0.25, 0.3) is 23.3 Å². The molecule has 0 aliphatic heterocycles. The average Bonchev–Trinajstić information content (AvgIpc) is 2.64. The molecule has 0 aliphatic carbocycles. The number of carboxylic acid groups (broad SMARTS) is 2. The molecular weight excluding hydrogens is 336 g/mol. The van der Waals surface area contributed by atoms with Crippen molar-refractivity contribution in [2.75, 3.05) is 0 Å². The molecule has 0 spiro atoms. The second kappa shape index (κ2) is 8.34. The van der Waals surface area contributed by atoms with E-state index in [2.05, 4.69) is 0 Å². The summed E-state index contributed by atoms with van der Waals surface area (Å²) in [6.45, 7) is 0. The van der Waals surface area contributed by atoms with Crippen LogP contribution in [-0.2, 0) is 19.2 Å². The molecule has 2 aromatic rings. The smallest absolute Gasteiger partial charge is 0.376 e. The first-order valence-electron chi connectivity index (χ1n) is 7.48. The molecule has 0 atom stereocenters. The average molecular weight is 350 g/mol. The maximum atomic E-state index is 11.0. The molecule has 2 aromatic carbocycles. The van der Waals surface area contributed by atoms with Crippen LogP contribution in [-0.4, -0.2) is 33.7 Å². The molecule has 2 rings (SSSR count). The van der Waals surface area contributed by atoms with E-state index >= 15 is 0 Å². The minimum Gasteiger partial charge on any atom is -0.475 e. The van der Waals surface area contributed by atoms with Crippen LogP contribution in [0.2, 0.25) is 0 Å². The lowest BCUT2D eigenvalue weighted by molar-refractivity contribution is -0.146. The monoisotopic (exact) mass is 350 g/mol. The van der Waals surface area contributed by atoms with Gasteiger partial charge in [0.25, 0.3) is 11.6 Å². The fourth-order valence-electron chi connectivity index (χ4n) is 2.06. The second-order valence-electron chi connectivity index (χ2n) is 5.25. The summed E-state index contributed by atoms with van der Waals surface area (Å²) >= 11 is 0. The predicted octanol–water partition coefficient (Wildman–Crippen LogP) is 2.69. The molecular formula is C20H14O6. The van der Waals surface area contributed by atoms with Crippen LogP contribution in [0.5, 0.6) is 0 Å². The lowest BCUT2D eigenvalue weighted by atomic mass is 10.0. The summed E-state index contributed by atoms with van der Waals surface area (Å²) in [6, 6.07) is 14.3. The Morgan fingerprint density at radius 1 is 0.577 bits per heavy atom. The Balaban J connectivity index is 2.09. The van der Waals surface area contributed by atoms with Gasteiger partial charge in [-0.05, 0) is 34.4 Å². The van der Waals surface area contributed by atoms with Gasteiger partial charge in [-0.1, -0.05) is 60.7 Å². The van der Waals surface area contributed by atoms with Crippen LogP contribution in [0.15, 0.2) is 60.7 Å². The molecule has 0 amide bonds. The van der Waals surface area contributed by atoms with Crippen LogP contribution in [0, 0.1) is 0 Å². The molecule has 0 aromatic heterocycles. The normalized spacial score (nSPS) is 10.9. The molecule has 2 N–H and O–H groups in total. The van der Waals surface area contributed by atoms with Crippen molar-refractivity contribution >= 4 is 35.7 Å². The van der Waals surface area contributed by atoms with E-state index in [9.17, 15) is 19.2 Å². The molecule has 6 heteroatoms. The molecule has 0 aliphatic rings. The summed E-state index contributed by atoms with van der Waals surface area (Å²) < 4.78 is 0. The number of benzene rings is 2. The molecule has 6 nitrogen and oxygen atoms in total. The van der Waals surface area contributed by atoms with Crippen molar-refractivity contribution < 1.29 is 29.4 Å².